The molecule has 2 heteroatoms. The van der Waals surface area contributed by atoms with Crippen molar-refractivity contribution in [3.8, 4) is 0 Å². The topological polar surface area (TPSA) is 9.23 Å². The Morgan fingerprint density at radius 2 is 2.14 bits per heavy atom. The minimum atomic E-state index is 0.636. The summed E-state index contributed by atoms with van der Waals surface area (Å²) in [5.41, 5.74) is 1.24. The minimum absolute atomic E-state index is 0.636. The van der Waals surface area contributed by atoms with Gasteiger partial charge in [-0.05, 0) is 34.2 Å². The summed E-state index contributed by atoms with van der Waals surface area (Å²) in [4.78, 5) is 0. The number of allylic oxidation sites excluding steroid dienone is 2. The molecule has 0 aromatic heterocycles. The zero-order chi connectivity index (χ0) is 10.2. The smallest absolute Gasteiger partial charge is 0.0731 e. The Balaban J connectivity index is 2.35. The Labute approximate surface area is 98.6 Å². The molecule has 0 unspecified atom stereocenters. The van der Waals surface area contributed by atoms with Crippen molar-refractivity contribution >= 4 is 22.6 Å². The van der Waals surface area contributed by atoms with Crippen LogP contribution < -0.4 is 0 Å². The molecule has 0 N–H and O–H groups in total. The quantitative estimate of drug-likeness (QED) is 0.459. The third kappa shape index (κ3) is 4.07. The van der Waals surface area contributed by atoms with E-state index in [1.54, 1.807) is 6.08 Å². The van der Waals surface area contributed by atoms with Crippen molar-refractivity contribution in [2.24, 2.45) is 0 Å². The molecule has 0 atom stereocenters. The van der Waals surface area contributed by atoms with Crippen LogP contribution in [0, 0.1) is 3.57 Å². The highest BCUT2D eigenvalue weighted by molar-refractivity contribution is 14.1. The predicted octanol–water partition coefficient (Wildman–Crippen LogP) is 3.55. The molecule has 0 spiro atoms. The van der Waals surface area contributed by atoms with Gasteiger partial charge in [-0.2, -0.15) is 0 Å². The number of hydrogen-bond donors (Lipinski definition) is 0. The first-order chi connectivity index (χ1) is 6.84. The van der Waals surface area contributed by atoms with Crippen LogP contribution in [0.2, 0.25) is 0 Å². The summed E-state index contributed by atoms with van der Waals surface area (Å²) in [7, 11) is 0. The SMILES string of the molecule is C=C/C=C/COCc1ccccc1I. The lowest BCUT2D eigenvalue weighted by atomic mass is 10.2. The summed E-state index contributed by atoms with van der Waals surface area (Å²) in [6.45, 7) is 4.89. The number of hydrogen-bond acceptors (Lipinski definition) is 1. The highest BCUT2D eigenvalue weighted by atomic mass is 127. The maximum atomic E-state index is 5.46. The maximum absolute atomic E-state index is 5.46. The van der Waals surface area contributed by atoms with Crippen molar-refractivity contribution in [1.29, 1.82) is 0 Å². The predicted molar refractivity (Wildman–Crippen MR) is 68.2 cm³/mol. The average Bonchev–Trinajstić information content (AvgIpc) is 2.20. The Morgan fingerprint density at radius 3 is 2.86 bits per heavy atom. The van der Waals surface area contributed by atoms with E-state index in [0.717, 1.165) is 0 Å². The van der Waals surface area contributed by atoms with Crippen LogP contribution in [0.3, 0.4) is 0 Å². The Kier molecular flexibility index (Phi) is 5.56. The van der Waals surface area contributed by atoms with E-state index in [4.69, 9.17) is 4.74 Å². The third-order valence-corrected chi connectivity index (χ3v) is 2.75. The monoisotopic (exact) mass is 300 g/mol. The molecule has 14 heavy (non-hydrogen) atoms. The first-order valence-electron chi connectivity index (χ1n) is 4.43. The summed E-state index contributed by atoms with van der Waals surface area (Å²) in [5.74, 6) is 0. The maximum Gasteiger partial charge on any atom is 0.0731 e. The first kappa shape index (κ1) is 11.5. The van der Waals surface area contributed by atoms with Gasteiger partial charge in [-0.1, -0.05) is 43.0 Å². The van der Waals surface area contributed by atoms with Gasteiger partial charge in [0.15, 0.2) is 0 Å². The molecule has 0 radical (unpaired) electrons. The summed E-state index contributed by atoms with van der Waals surface area (Å²) < 4.78 is 6.71. The molecule has 0 saturated carbocycles. The molecule has 0 bridgehead atoms. The van der Waals surface area contributed by atoms with Crippen molar-refractivity contribution in [1.82, 2.24) is 0 Å². The largest absolute Gasteiger partial charge is 0.373 e. The number of halogens is 1. The van der Waals surface area contributed by atoms with Crippen molar-refractivity contribution in [2.45, 2.75) is 6.61 Å². The van der Waals surface area contributed by atoms with E-state index in [1.807, 2.05) is 24.3 Å². The number of benzene rings is 1. The molecule has 0 saturated heterocycles. The van der Waals surface area contributed by atoms with E-state index in [9.17, 15) is 0 Å². The lowest BCUT2D eigenvalue weighted by Gasteiger charge is -2.03. The van der Waals surface area contributed by atoms with E-state index < -0.39 is 0 Å². The zero-order valence-corrected chi connectivity index (χ0v) is 10.1. The molecule has 0 aliphatic rings. The molecule has 1 aromatic rings. The molecule has 0 amide bonds. The second-order valence-electron chi connectivity index (χ2n) is 2.77. The minimum Gasteiger partial charge on any atom is -0.373 e. The van der Waals surface area contributed by atoms with Gasteiger partial charge in [-0.3, -0.25) is 0 Å². The van der Waals surface area contributed by atoms with Crippen LogP contribution in [0.1, 0.15) is 5.56 Å². The Morgan fingerprint density at radius 1 is 1.36 bits per heavy atom. The Hall–Kier alpha value is -0.610. The standard InChI is InChI=1S/C12H13IO/c1-2-3-6-9-14-10-11-7-4-5-8-12(11)13/h2-8H,1,9-10H2/b6-3+. The van der Waals surface area contributed by atoms with Crippen LogP contribution >= 0.6 is 22.6 Å². The first-order valence-corrected chi connectivity index (χ1v) is 5.51. The van der Waals surface area contributed by atoms with Crippen molar-refractivity contribution in [2.75, 3.05) is 6.61 Å². The molecule has 0 aliphatic heterocycles. The van der Waals surface area contributed by atoms with Gasteiger partial charge in [0.05, 0.1) is 13.2 Å². The van der Waals surface area contributed by atoms with Gasteiger partial charge >= 0.3 is 0 Å². The molecule has 0 fully saturated rings. The molecule has 0 heterocycles. The lowest BCUT2D eigenvalue weighted by molar-refractivity contribution is 0.148. The van der Waals surface area contributed by atoms with E-state index >= 15 is 0 Å². The van der Waals surface area contributed by atoms with Gasteiger partial charge in [-0.15, -0.1) is 0 Å². The van der Waals surface area contributed by atoms with Gasteiger partial charge in [0.2, 0.25) is 0 Å². The van der Waals surface area contributed by atoms with Crippen LogP contribution in [0.5, 0.6) is 0 Å². The van der Waals surface area contributed by atoms with Crippen molar-refractivity contribution in [3.63, 3.8) is 0 Å². The normalized spacial score (nSPS) is 10.6. The zero-order valence-electron chi connectivity index (χ0n) is 7.95. The van der Waals surface area contributed by atoms with E-state index in [1.165, 1.54) is 9.13 Å². The van der Waals surface area contributed by atoms with E-state index in [2.05, 4.69) is 41.3 Å². The van der Waals surface area contributed by atoms with Gasteiger partial charge < -0.3 is 4.74 Å². The lowest BCUT2D eigenvalue weighted by Crippen LogP contribution is -1.94. The second-order valence-corrected chi connectivity index (χ2v) is 3.93. The fraction of sp³-hybridized carbons (Fsp3) is 0.167. The van der Waals surface area contributed by atoms with Crippen LogP contribution in [-0.4, -0.2) is 6.61 Å². The van der Waals surface area contributed by atoms with Crippen molar-refractivity contribution < 1.29 is 4.74 Å². The van der Waals surface area contributed by atoms with Crippen LogP contribution in [0.25, 0.3) is 0 Å². The number of ether oxygens (including phenoxy) is 1. The molecule has 1 rings (SSSR count). The fourth-order valence-corrected chi connectivity index (χ4v) is 1.55. The summed E-state index contributed by atoms with van der Waals surface area (Å²) in [6.07, 6.45) is 5.58. The molecular weight excluding hydrogens is 287 g/mol. The van der Waals surface area contributed by atoms with Crippen LogP contribution in [0.4, 0.5) is 0 Å². The molecule has 1 nitrogen and oxygen atoms in total. The molecular formula is C12H13IO. The van der Waals surface area contributed by atoms with Crippen molar-refractivity contribution in [3.05, 3.63) is 58.2 Å². The van der Waals surface area contributed by atoms with Crippen LogP contribution in [-0.2, 0) is 11.3 Å². The summed E-state index contributed by atoms with van der Waals surface area (Å²) >= 11 is 2.31. The molecule has 1 aromatic carbocycles. The fourth-order valence-electron chi connectivity index (χ4n) is 1.00. The highest BCUT2D eigenvalue weighted by Crippen LogP contribution is 2.12. The van der Waals surface area contributed by atoms with Gasteiger partial charge in [-0.25, -0.2) is 0 Å². The summed E-state index contributed by atoms with van der Waals surface area (Å²) in [5, 5.41) is 0. The average molecular weight is 300 g/mol. The molecule has 74 valence electrons. The van der Waals surface area contributed by atoms with Gasteiger partial charge in [0.1, 0.15) is 0 Å². The third-order valence-electron chi connectivity index (χ3n) is 1.70. The van der Waals surface area contributed by atoms with Crippen LogP contribution in [0.15, 0.2) is 49.1 Å². The van der Waals surface area contributed by atoms with Gasteiger partial charge in [0, 0.05) is 3.57 Å². The molecule has 0 aliphatic carbocycles. The van der Waals surface area contributed by atoms with E-state index in [-0.39, 0.29) is 0 Å². The van der Waals surface area contributed by atoms with Gasteiger partial charge in [0.25, 0.3) is 0 Å². The number of rotatable bonds is 5. The Bertz CT molecular complexity index is 318. The highest BCUT2D eigenvalue weighted by Gasteiger charge is 1.96. The summed E-state index contributed by atoms with van der Waals surface area (Å²) in [6, 6.07) is 8.22. The second kappa shape index (κ2) is 6.79. The van der Waals surface area contributed by atoms with E-state index in [0.29, 0.717) is 13.2 Å².